The highest BCUT2D eigenvalue weighted by Gasteiger charge is 2.49. The van der Waals surface area contributed by atoms with Crippen LogP contribution in [0.4, 0.5) is 0 Å². The van der Waals surface area contributed by atoms with Crippen molar-refractivity contribution < 1.29 is 14.3 Å². The predicted octanol–water partition coefficient (Wildman–Crippen LogP) is 2.26. The van der Waals surface area contributed by atoms with Gasteiger partial charge in [0.25, 0.3) is 0 Å². The van der Waals surface area contributed by atoms with Crippen LogP contribution < -0.4 is 0 Å². The Kier molecular flexibility index (Phi) is 4.96. The van der Waals surface area contributed by atoms with Crippen molar-refractivity contribution in [2.45, 2.75) is 39.0 Å². The third kappa shape index (κ3) is 2.97. The molecule has 1 unspecified atom stereocenters. The molecule has 0 bridgehead atoms. The van der Waals surface area contributed by atoms with Crippen molar-refractivity contribution in [1.29, 1.82) is 0 Å². The van der Waals surface area contributed by atoms with E-state index in [0.29, 0.717) is 12.8 Å². The molecule has 92 valence electrons. The molecule has 0 heterocycles. The van der Waals surface area contributed by atoms with Gasteiger partial charge in [-0.2, -0.15) is 0 Å². The maximum Gasteiger partial charge on any atom is 0.320 e. The summed E-state index contributed by atoms with van der Waals surface area (Å²) in [5.74, 6) is 5.34. The van der Waals surface area contributed by atoms with Crippen LogP contribution in [0.1, 0.15) is 39.0 Å². The van der Waals surface area contributed by atoms with E-state index in [2.05, 4.69) is 18.4 Å². The van der Waals surface area contributed by atoms with Crippen LogP contribution >= 0.6 is 0 Å². The Bertz CT molecular complexity index is 373. The molecule has 1 aliphatic rings. The van der Waals surface area contributed by atoms with Crippen LogP contribution in [0.2, 0.25) is 0 Å². The molecule has 1 saturated carbocycles. The summed E-state index contributed by atoms with van der Waals surface area (Å²) in [4.78, 5) is 23.9. The van der Waals surface area contributed by atoms with Crippen LogP contribution in [0, 0.1) is 17.3 Å². The number of rotatable bonds is 4. The van der Waals surface area contributed by atoms with E-state index in [1.165, 1.54) is 6.08 Å². The maximum atomic E-state index is 12.0. The number of ketones is 1. The van der Waals surface area contributed by atoms with Crippen LogP contribution in [0.3, 0.4) is 0 Å². The molecule has 3 heteroatoms. The van der Waals surface area contributed by atoms with Crippen molar-refractivity contribution in [3.63, 3.8) is 0 Å². The SMILES string of the molecule is C=CCOC(=O)C1(CC#CCC)CCCC1=O. The summed E-state index contributed by atoms with van der Waals surface area (Å²) >= 11 is 0. The molecule has 1 aliphatic carbocycles. The van der Waals surface area contributed by atoms with Gasteiger partial charge in [0.1, 0.15) is 12.0 Å². The van der Waals surface area contributed by atoms with Gasteiger partial charge in [-0.15, -0.1) is 11.8 Å². The molecule has 1 fully saturated rings. The molecule has 1 atom stereocenters. The summed E-state index contributed by atoms with van der Waals surface area (Å²) in [6, 6.07) is 0. The molecule has 0 N–H and O–H groups in total. The summed E-state index contributed by atoms with van der Waals surface area (Å²) in [6.07, 6.45) is 4.28. The summed E-state index contributed by atoms with van der Waals surface area (Å²) in [6.45, 7) is 5.57. The quantitative estimate of drug-likeness (QED) is 0.324. The summed E-state index contributed by atoms with van der Waals surface area (Å²) in [5.41, 5.74) is -1.01. The highest BCUT2D eigenvalue weighted by atomic mass is 16.5. The first-order valence-electron chi connectivity index (χ1n) is 5.94. The Morgan fingerprint density at radius 2 is 2.35 bits per heavy atom. The van der Waals surface area contributed by atoms with Crippen LogP contribution in [-0.2, 0) is 14.3 Å². The van der Waals surface area contributed by atoms with Gasteiger partial charge < -0.3 is 4.74 Å². The second-order valence-corrected chi connectivity index (χ2v) is 4.13. The van der Waals surface area contributed by atoms with Gasteiger partial charge >= 0.3 is 5.97 Å². The molecule has 0 aromatic carbocycles. The summed E-state index contributed by atoms with van der Waals surface area (Å²) < 4.78 is 5.03. The van der Waals surface area contributed by atoms with Crippen LogP contribution in [0.15, 0.2) is 12.7 Å². The number of hydrogen-bond donors (Lipinski definition) is 0. The average molecular weight is 234 g/mol. The minimum absolute atomic E-state index is 0.0306. The van der Waals surface area contributed by atoms with E-state index in [1.807, 2.05) is 6.92 Å². The molecule has 0 saturated heterocycles. The fraction of sp³-hybridized carbons (Fsp3) is 0.571. The molecule has 17 heavy (non-hydrogen) atoms. The van der Waals surface area contributed by atoms with Crippen molar-refractivity contribution in [2.75, 3.05) is 6.61 Å². The fourth-order valence-corrected chi connectivity index (χ4v) is 2.02. The minimum atomic E-state index is -1.01. The monoisotopic (exact) mass is 234 g/mol. The average Bonchev–Trinajstić information content (AvgIpc) is 2.69. The van der Waals surface area contributed by atoms with Crippen LogP contribution in [0.25, 0.3) is 0 Å². The lowest BCUT2D eigenvalue weighted by atomic mass is 9.82. The van der Waals surface area contributed by atoms with Gasteiger partial charge in [0.15, 0.2) is 5.78 Å². The first-order chi connectivity index (χ1) is 8.17. The molecular formula is C14H18O3. The Hall–Kier alpha value is -1.56. The highest BCUT2D eigenvalue weighted by molar-refractivity contribution is 6.05. The minimum Gasteiger partial charge on any atom is -0.461 e. The van der Waals surface area contributed by atoms with E-state index >= 15 is 0 Å². The van der Waals surface area contributed by atoms with E-state index in [4.69, 9.17) is 4.74 Å². The van der Waals surface area contributed by atoms with Gasteiger partial charge in [-0.3, -0.25) is 9.59 Å². The fourth-order valence-electron chi connectivity index (χ4n) is 2.02. The van der Waals surface area contributed by atoms with E-state index < -0.39 is 11.4 Å². The smallest absolute Gasteiger partial charge is 0.320 e. The normalized spacial score (nSPS) is 22.8. The number of hydrogen-bond acceptors (Lipinski definition) is 3. The third-order valence-electron chi connectivity index (χ3n) is 2.96. The molecule has 0 amide bonds. The van der Waals surface area contributed by atoms with Gasteiger partial charge in [0, 0.05) is 19.3 Å². The lowest BCUT2D eigenvalue weighted by Gasteiger charge is -2.22. The molecule has 0 aliphatic heterocycles. The van der Waals surface area contributed by atoms with E-state index in [0.717, 1.165) is 12.8 Å². The number of ether oxygens (including phenoxy) is 1. The lowest BCUT2D eigenvalue weighted by Crippen LogP contribution is -2.36. The van der Waals surface area contributed by atoms with Gasteiger partial charge in [0.2, 0.25) is 0 Å². The van der Waals surface area contributed by atoms with Crippen molar-refractivity contribution in [2.24, 2.45) is 5.41 Å². The zero-order valence-corrected chi connectivity index (χ0v) is 10.3. The zero-order chi connectivity index (χ0) is 12.7. The highest BCUT2D eigenvalue weighted by Crippen LogP contribution is 2.39. The number of esters is 1. The first kappa shape index (κ1) is 13.5. The lowest BCUT2D eigenvalue weighted by molar-refractivity contribution is -0.157. The Morgan fingerprint density at radius 3 is 2.88 bits per heavy atom. The molecular weight excluding hydrogens is 216 g/mol. The molecule has 1 rings (SSSR count). The van der Waals surface area contributed by atoms with E-state index in [1.54, 1.807) is 0 Å². The predicted molar refractivity (Wildman–Crippen MR) is 65.1 cm³/mol. The van der Waals surface area contributed by atoms with Crippen molar-refractivity contribution in [1.82, 2.24) is 0 Å². The summed E-state index contributed by atoms with van der Waals surface area (Å²) in [7, 11) is 0. The summed E-state index contributed by atoms with van der Waals surface area (Å²) in [5, 5.41) is 0. The van der Waals surface area contributed by atoms with Crippen molar-refractivity contribution in [3.05, 3.63) is 12.7 Å². The zero-order valence-electron chi connectivity index (χ0n) is 10.3. The van der Waals surface area contributed by atoms with Gasteiger partial charge in [-0.1, -0.05) is 19.6 Å². The Morgan fingerprint density at radius 1 is 1.59 bits per heavy atom. The second-order valence-electron chi connectivity index (χ2n) is 4.13. The van der Waals surface area contributed by atoms with E-state index in [-0.39, 0.29) is 18.8 Å². The third-order valence-corrected chi connectivity index (χ3v) is 2.96. The van der Waals surface area contributed by atoms with E-state index in [9.17, 15) is 9.59 Å². The van der Waals surface area contributed by atoms with Crippen molar-refractivity contribution >= 4 is 11.8 Å². The Labute approximate surface area is 102 Å². The second kappa shape index (κ2) is 6.24. The topological polar surface area (TPSA) is 43.4 Å². The number of carbonyl (C=O) groups excluding carboxylic acids is 2. The van der Waals surface area contributed by atoms with Crippen molar-refractivity contribution in [3.8, 4) is 11.8 Å². The van der Waals surface area contributed by atoms with Crippen LogP contribution in [-0.4, -0.2) is 18.4 Å². The van der Waals surface area contributed by atoms with Gasteiger partial charge in [0.05, 0.1) is 0 Å². The number of Topliss-reactive ketones (excluding diaryl/α,β-unsaturated/α-hetero) is 1. The maximum absolute atomic E-state index is 12.0. The molecule has 0 aromatic rings. The Balaban J connectivity index is 2.82. The van der Waals surface area contributed by atoms with Crippen LogP contribution in [0.5, 0.6) is 0 Å². The molecule has 0 spiro atoms. The number of carbonyl (C=O) groups is 2. The standard InChI is InChI=1S/C14H18O3/c1-3-5-6-9-14(10-7-8-12(14)15)13(16)17-11-4-2/h4H,2-3,7-11H2,1H3. The molecule has 0 aromatic heterocycles. The van der Waals surface area contributed by atoms with Gasteiger partial charge in [-0.05, 0) is 12.8 Å². The largest absolute Gasteiger partial charge is 0.461 e. The molecule has 0 radical (unpaired) electrons. The first-order valence-corrected chi connectivity index (χ1v) is 5.94. The molecule has 3 nitrogen and oxygen atoms in total. The van der Waals surface area contributed by atoms with Gasteiger partial charge in [-0.25, -0.2) is 0 Å².